The molecule has 0 heterocycles. The zero-order chi connectivity index (χ0) is 55.6. The predicted octanol–water partition coefficient (Wildman–Crippen LogP) is 11.0. The maximum atomic E-state index is 14.0. The molecule has 0 saturated heterocycles. The quantitative estimate of drug-likeness (QED) is 0.0275. The number of hydrogen-bond acceptors (Lipinski definition) is 12. The first-order chi connectivity index (χ1) is 38.4. The van der Waals surface area contributed by atoms with Crippen LogP contribution in [-0.2, 0) is 42.9 Å². The maximum absolute atomic E-state index is 14.0. The van der Waals surface area contributed by atoms with E-state index in [9.17, 15) is 28.8 Å². The van der Waals surface area contributed by atoms with Crippen LogP contribution in [0.5, 0.6) is 11.5 Å². The van der Waals surface area contributed by atoms with Gasteiger partial charge in [-0.3, -0.25) is 19.2 Å². The first-order valence-electron chi connectivity index (χ1n) is 26.7. The van der Waals surface area contributed by atoms with Crippen LogP contribution < -0.4 is 9.47 Å². The summed E-state index contributed by atoms with van der Waals surface area (Å²) in [5.74, 6) is 18.9. The van der Waals surface area contributed by atoms with Crippen molar-refractivity contribution >= 4 is 35.8 Å². The van der Waals surface area contributed by atoms with Crippen LogP contribution in [0.2, 0.25) is 0 Å². The third kappa shape index (κ3) is 16.0. The smallest absolute Gasteiger partial charge is 0.339 e. The first-order valence-corrected chi connectivity index (χ1v) is 26.7. The second kappa shape index (κ2) is 27.3. The Labute approximate surface area is 461 Å². The van der Waals surface area contributed by atoms with Gasteiger partial charge < -0.3 is 28.4 Å². The Hall–Kier alpha value is -9.10. The van der Waals surface area contributed by atoms with Crippen LogP contribution in [-0.4, -0.2) is 54.8 Å². The van der Waals surface area contributed by atoms with Crippen molar-refractivity contribution in [2.45, 2.75) is 95.5 Å². The van der Waals surface area contributed by atoms with Gasteiger partial charge >= 0.3 is 35.8 Å². The molecule has 0 amide bonds. The van der Waals surface area contributed by atoms with Crippen molar-refractivity contribution in [3.63, 3.8) is 0 Å². The summed E-state index contributed by atoms with van der Waals surface area (Å²) in [6.45, 7) is 4.92. The van der Waals surface area contributed by atoms with Gasteiger partial charge in [0.15, 0.2) is 5.60 Å². The van der Waals surface area contributed by atoms with Gasteiger partial charge in [-0.05, 0) is 211 Å². The van der Waals surface area contributed by atoms with Crippen LogP contribution in [0.3, 0.4) is 0 Å². The van der Waals surface area contributed by atoms with Crippen LogP contribution >= 0.6 is 0 Å². The van der Waals surface area contributed by atoms with Gasteiger partial charge in [0.1, 0.15) is 11.5 Å². The third-order valence-corrected chi connectivity index (χ3v) is 14.6. The number of esters is 6. The summed E-state index contributed by atoms with van der Waals surface area (Å²) >= 11 is 0. The van der Waals surface area contributed by atoms with E-state index < -0.39 is 36.2 Å². The molecule has 0 bridgehead atoms. The van der Waals surface area contributed by atoms with Crippen molar-refractivity contribution in [3.05, 3.63) is 178 Å². The van der Waals surface area contributed by atoms with E-state index in [0.29, 0.717) is 95.2 Å². The molecular formula is C67H60O12. The van der Waals surface area contributed by atoms with Crippen molar-refractivity contribution in [1.82, 2.24) is 0 Å². The van der Waals surface area contributed by atoms with E-state index in [2.05, 4.69) is 48.0 Å². The fraction of sp³-hybridized carbons (Fsp3) is 0.313. The summed E-state index contributed by atoms with van der Waals surface area (Å²) < 4.78 is 32.8. The molecular weight excluding hydrogens is 997 g/mol. The molecule has 8 rings (SSSR count). The molecule has 0 N–H and O–H groups in total. The summed E-state index contributed by atoms with van der Waals surface area (Å²) in [5.41, 5.74) is 5.13. The van der Waals surface area contributed by atoms with E-state index in [0.717, 1.165) is 45.0 Å². The lowest BCUT2D eigenvalue weighted by atomic mass is 9.76. The van der Waals surface area contributed by atoms with Crippen LogP contribution in [0.1, 0.15) is 139 Å². The summed E-state index contributed by atoms with van der Waals surface area (Å²) in [7, 11) is 0. The SMILES string of the molecule is C#Cc1ccc(C#Cc2ccc(C#Cc3ccc(C#CC4(OC(=O)c5ccc(OC(=O)C6CCC(C(=O)OCC)CC6)cc5)CCC(c5ccc(OC(=O)C6CCC(C(=O)OCOC(=O)C=C)CC6)cc5)CC4)cc3)cc2)cc1. The van der Waals surface area contributed by atoms with Gasteiger partial charge in [-0.1, -0.05) is 54.2 Å². The maximum Gasteiger partial charge on any atom is 0.339 e. The Morgan fingerprint density at radius 2 is 0.899 bits per heavy atom. The lowest BCUT2D eigenvalue weighted by molar-refractivity contribution is -0.169. The van der Waals surface area contributed by atoms with Gasteiger partial charge in [-0.25, -0.2) is 9.59 Å². The Morgan fingerprint density at radius 1 is 0.506 bits per heavy atom. The largest absolute Gasteiger partial charge is 0.466 e. The molecule has 3 saturated carbocycles. The summed E-state index contributed by atoms with van der Waals surface area (Å²) in [5, 5.41) is 0. The second-order valence-corrected chi connectivity index (χ2v) is 19.8. The molecule has 79 heavy (non-hydrogen) atoms. The molecule has 0 aliphatic heterocycles. The lowest BCUT2D eigenvalue weighted by Crippen LogP contribution is -2.37. The van der Waals surface area contributed by atoms with E-state index >= 15 is 0 Å². The first kappa shape index (κ1) is 56.1. The van der Waals surface area contributed by atoms with Crippen molar-refractivity contribution < 1.29 is 57.2 Å². The van der Waals surface area contributed by atoms with E-state index in [1.54, 1.807) is 43.3 Å². The van der Waals surface area contributed by atoms with Gasteiger partial charge in [-0.2, -0.15) is 0 Å². The highest BCUT2D eigenvalue weighted by atomic mass is 16.7. The minimum atomic E-state index is -1.12. The highest BCUT2D eigenvalue weighted by molar-refractivity contribution is 5.90. The van der Waals surface area contributed by atoms with E-state index in [1.165, 1.54) is 0 Å². The highest BCUT2D eigenvalue weighted by Crippen LogP contribution is 2.41. The van der Waals surface area contributed by atoms with Gasteiger partial charge in [0, 0.05) is 39.5 Å². The molecule has 12 nitrogen and oxygen atoms in total. The number of benzene rings is 5. The normalized spacial score (nSPS) is 20.2. The molecule has 400 valence electrons. The summed E-state index contributed by atoms with van der Waals surface area (Å²) in [4.78, 5) is 76.1. The number of carbonyl (C=O) groups is 6. The van der Waals surface area contributed by atoms with E-state index in [4.69, 9.17) is 34.8 Å². The minimum Gasteiger partial charge on any atom is -0.466 e. The topological polar surface area (TPSA) is 158 Å². The highest BCUT2D eigenvalue weighted by Gasteiger charge is 2.39. The zero-order valence-electron chi connectivity index (χ0n) is 44.1. The van der Waals surface area contributed by atoms with Crippen molar-refractivity contribution in [2.75, 3.05) is 13.4 Å². The number of hydrogen-bond donors (Lipinski definition) is 0. The van der Waals surface area contributed by atoms with Gasteiger partial charge in [0.25, 0.3) is 0 Å². The van der Waals surface area contributed by atoms with Gasteiger partial charge in [-0.15, -0.1) is 6.42 Å². The summed E-state index contributed by atoms with van der Waals surface area (Å²) in [6, 6.07) is 36.6. The Morgan fingerprint density at radius 3 is 1.32 bits per heavy atom. The average Bonchev–Trinajstić information content (AvgIpc) is 3.49. The van der Waals surface area contributed by atoms with Crippen molar-refractivity contribution in [3.8, 4) is 59.4 Å². The number of rotatable bonds is 13. The standard InChI is InChI=1S/C67H60O12/c1-4-46-7-9-47(10-8-46)11-12-48-13-15-49(16-14-48)17-18-50-19-21-51(22-20-50)39-42-67(79-66(73)58-33-37-60(38-34-58)78-65(72)56-27-23-54(24-28-56)62(69)74-6-3)43-40-53(41-44-67)52-31-35-59(36-32-52)77-64(71)57-29-25-55(26-30-57)63(70)76-45-75-61(68)5-2/h1,5,7-10,13-16,19-22,31-38,53-57H,2,6,23-30,40-41,43-45H2,3H3. The van der Waals surface area contributed by atoms with Crippen molar-refractivity contribution in [2.24, 2.45) is 23.7 Å². The molecule has 0 atom stereocenters. The van der Waals surface area contributed by atoms with E-state index in [-0.39, 0.29) is 47.1 Å². The van der Waals surface area contributed by atoms with E-state index in [1.807, 2.05) is 84.9 Å². The molecule has 0 unspecified atom stereocenters. The van der Waals surface area contributed by atoms with Crippen LogP contribution in [0.4, 0.5) is 0 Å². The molecule has 3 aliphatic carbocycles. The number of terminal acetylenes is 1. The molecule has 3 fully saturated rings. The molecule has 0 aromatic heterocycles. The molecule has 5 aromatic carbocycles. The Bertz CT molecular complexity index is 3230. The van der Waals surface area contributed by atoms with Gasteiger partial charge in [0.05, 0.1) is 35.8 Å². The molecule has 5 aromatic rings. The molecule has 0 radical (unpaired) electrons. The minimum absolute atomic E-state index is 0.113. The Balaban J connectivity index is 0.894. The number of ether oxygens (including phenoxy) is 6. The third-order valence-electron chi connectivity index (χ3n) is 14.6. The molecule has 3 aliphatic rings. The van der Waals surface area contributed by atoms with Crippen LogP contribution in [0, 0.1) is 71.5 Å². The molecule has 0 spiro atoms. The van der Waals surface area contributed by atoms with Gasteiger partial charge in [0.2, 0.25) is 6.79 Å². The van der Waals surface area contributed by atoms with Crippen molar-refractivity contribution in [1.29, 1.82) is 0 Å². The Kier molecular flexibility index (Phi) is 19.4. The molecule has 12 heteroatoms. The lowest BCUT2D eigenvalue weighted by Gasteiger charge is -2.36. The second-order valence-electron chi connectivity index (χ2n) is 19.8. The summed E-state index contributed by atoms with van der Waals surface area (Å²) in [6.07, 6.45) is 12.7. The average molecular weight is 1060 g/mol. The van der Waals surface area contributed by atoms with Crippen LogP contribution in [0.15, 0.2) is 134 Å². The number of carbonyl (C=O) groups excluding carboxylic acids is 6. The predicted molar refractivity (Wildman–Crippen MR) is 294 cm³/mol. The van der Waals surface area contributed by atoms with Crippen LogP contribution in [0.25, 0.3) is 0 Å². The fourth-order valence-corrected chi connectivity index (χ4v) is 9.88. The fourth-order valence-electron chi connectivity index (χ4n) is 9.88. The zero-order valence-corrected chi connectivity index (χ0v) is 44.1. The monoisotopic (exact) mass is 1060 g/mol.